The van der Waals surface area contributed by atoms with Gasteiger partial charge < -0.3 is 14.4 Å². The quantitative estimate of drug-likeness (QED) is 0.525. The first-order valence-corrected chi connectivity index (χ1v) is 12.9. The van der Waals surface area contributed by atoms with Crippen molar-refractivity contribution >= 4 is 11.8 Å². The molecule has 0 bridgehead atoms. The molecule has 4 aliphatic carbocycles. The highest BCUT2D eigenvalue weighted by atomic mass is 32.2. The van der Waals surface area contributed by atoms with E-state index in [0.29, 0.717) is 17.4 Å². The summed E-state index contributed by atoms with van der Waals surface area (Å²) in [6.45, 7) is 4.96. The molecular formula is C25H38N2O2S. The van der Waals surface area contributed by atoms with Crippen LogP contribution in [0.15, 0.2) is 29.2 Å². The first kappa shape index (κ1) is 21.1. The fourth-order valence-corrected chi connectivity index (χ4v) is 9.15. The number of hydrogen-bond donors (Lipinski definition) is 1. The Morgan fingerprint density at radius 3 is 2.70 bits per heavy atom. The molecule has 0 unspecified atom stereocenters. The van der Waals surface area contributed by atoms with E-state index in [-0.39, 0.29) is 5.41 Å². The molecule has 0 spiro atoms. The third kappa shape index (κ3) is 2.98. The minimum atomic E-state index is -0.579. The lowest BCUT2D eigenvalue weighted by atomic mass is 9.46. The number of fused-ring (bicyclic) bond motifs is 5. The molecule has 3 fully saturated rings. The van der Waals surface area contributed by atoms with Crippen LogP contribution >= 0.6 is 11.8 Å². The van der Waals surface area contributed by atoms with Gasteiger partial charge in [0.15, 0.2) is 5.16 Å². The average Bonchev–Trinajstić information content (AvgIpc) is 3.26. The number of thioether (sulfide) groups is 1. The van der Waals surface area contributed by atoms with Crippen LogP contribution < -0.4 is 0 Å². The van der Waals surface area contributed by atoms with Crippen molar-refractivity contribution in [3.05, 3.63) is 24.0 Å². The van der Waals surface area contributed by atoms with Gasteiger partial charge in [-0.1, -0.05) is 37.3 Å². The summed E-state index contributed by atoms with van der Waals surface area (Å²) in [7, 11) is 3.89. The van der Waals surface area contributed by atoms with Gasteiger partial charge in [0.2, 0.25) is 0 Å². The maximum absolute atomic E-state index is 11.9. The number of aliphatic hydroxyl groups is 1. The molecule has 4 aliphatic rings. The molecule has 7 atom stereocenters. The van der Waals surface area contributed by atoms with E-state index in [9.17, 15) is 5.11 Å². The number of hydrogen-bond acceptors (Lipinski definition) is 4. The van der Waals surface area contributed by atoms with Crippen molar-refractivity contribution in [2.24, 2.45) is 35.6 Å². The fourth-order valence-electron chi connectivity index (χ4n) is 7.90. The number of ether oxygens (including phenoxy) is 1. The Labute approximate surface area is 185 Å². The SMILES string of the molecule is CO[C@H]1C=C2CC[C@H]3[C@@H](CC[C@]4(C)[C@@H]3CC[C@@]4(O)CSc3nccn3C)[C@@]2(C)CC1. The van der Waals surface area contributed by atoms with E-state index >= 15 is 0 Å². The molecule has 30 heavy (non-hydrogen) atoms. The zero-order valence-electron chi connectivity index (χ0n) is 19.1. The number of imidazole rings is 1. The third-order valence-corrected chi connectivity index (χ3v) is 11.2. The minimum absolute atomic E-state index is 0.0354. The lowest BCUT2D eigenvalue weighted by Crippen LogP contribution is -2.55. The van der Waals surface area contributed by atoms with Gasteiger partial charge in [0.05, 0.1) is 11.7 Å². The Kier molecular flexibility index (Phi) is 5.19. The van der Waals surface area contributed by atoms with Crippen LogP contribution in [0.1, 0.15) is 65.2 Å². The molecule has 3 saturated carbocycles. The van der Waals surface area contributed by atoms with Gasteiger partial charge in [0, 0.05) is 37.7 Å². The van der Waals surface area contributed by atoms with Crippen LogP contribution in [0.25, 0.3) is 0 Å². The van der Waals surface area contributed by atoms with Crippen molar-refractivity contribution in [2.75, 3.05) is 12.9 Å². The summed E-state index contributed by atoms with van der Waals surface area (Å²) >= 11 is 1.73. The lowest BCUT2D eigenvalue weighted by Gasteiger charge is -2.59. The molecule has 5 heteroatoms. The maximum Gasteiger partial charge on any atom is 0.167 e. The number of aromatic nitrogens is 2. The Morgan fingerprint density at radius 1 is 1.17 bits per heavy atom. The molecule has 1 aromatic rings. The first-order valence-electron chi connectivity index (χ1n) is 11.9. The highest BCUT2D eigenvalue weighted by Gasteiger charge is 2.63. The van der Waals surface area contributed by atoms with Gasteiger partial charge in [-0.2, -0.15) is 0 Å². The Balaban J connectivity index is 1.37. The molecule has 0 aliphatic heterocycles. The van der Waals surface area contributed by atoms with Gasteiger partial charge in [0.25, 0.3) is 0 Å². The predicted octanol–water partition coefficient (Wildman–Crippen LogP) is 5.22. The molecule has 5 rings (SSSR count). The summed E-state index contributed by atoms with van der Waals surface area (Å²) in [4.78, 5) is 4.47. The molecule has 1 heterocycles. The van der Waals surface area contributed by atoms with Crippen molar-refractivity contribution in [1.29, 1.82) is 0 Å². The monoisotopic (exact) mass is 430 g/mol. The second kappa shape index (κ2) is 7.38. The van der Waals surface area contributed by atoms with Crippen LogP contribution in [0, 0.1) is 28.6 Å². The second-order valence-electron chi connectivity index (χ2n) is 11.0. The highest BCUT2D eigenvalue weighted by molar-refractivity contribution is 7.99. The minimum Gasteiger partial charge on any atom is -0.388 e. The van der Waals surface area contributed by atoms with Crippen LogP contribution in [-0.4, -0.2) is 39.2 Å². The second-order valence-corrected chi connectivity index (χ2v) is 11.9. The van der Waals surface area contributed by atoms with Crippen LogP contribution in [0.3, 0.4) is 0 Å². The number of methoxy groups -OCH3 is 1. The summed E-state index contributed by atoms with van der Waals surface area (Å²) in [5, 5.41) is 12.9. The van der Waals surface area contributed by atoms with Crippen LogP contribution in [0.5, 0.6) is 0 Å². The van der Waals surface area contributed by atoms with E-state index in [1.165, 1.54) is 32.1 Å². The van der Waals surface area contributed by atoms with Crippen LogP contribution in [0.4, 0.5) is 0 Å². The molecule has 1 N–H and O–H groups in total. The van der Waals surface area contributed by atoms with Crippen molar-refractivity contribution in [2.45, 2.75) is 82.1 Å². The van der Waals surface area contributed by atoms with Gasteiger partial charge >= 0.3 is 0 Å². The van der Waals surface area contributed by atoms with Gasteiger partial charge in [-0.3, -0.25) is 0 Å². The largest absolute Gasteiger partial charge is 0.388 e. The van der Waals surface area contributed by atoms with E-state index in [4.69, 9.17) is 4.74 Å². The first-order chi connectivity index (χ1) is 14.3. The number of rotatable bonds is 4. The normalized spacial score (nSPS) is 45.4. The Morgan fingerprint density at radius 2 is 1.97 bits per heavy atom. The fraction of sp³-hybridized carbons (Fsp3) is 0.800. The Bertz CT molecular complexity index is 837. The Hall–Kier alpha value is -0.780. The number of allylic oxidation sites excluding steroid dienone is 1. The van der Waals surface area contributed by atoms with Crippen molar-refractivity contribution in [1.82, 2.24) is 9.55 Å². The van der Waals surface area contributed by atoms with Crippen molar-refractivity contribution in [3.8, 4) is 0 Å². The maximum atomic E-state index is 11.9. The van der Waals surface area contributed by atoms with Gasteiger partial charge in [-0.25, -0.2) is 4.98 Å². The van der Waals surface area contributed by atoms with E-state index in [2.05, 4.69) is 29.5 Å². The molecule has 1 aromatic heterocycles. The van der Waals surface area contributed by atoms with E-state index < -0.39 is 5.60 Å². The zero-order chi connectivity index (χ0) is 21.1. The van der Waals surface area contributed by atoms with E-state index in [1.54, 1.807) is 17.3 Å². The summed E-state index contributed by atoms with van der Waals surface area (Å²) in [5.74, 6) is 2.96. The van der Waals surface area contributed by atoms with E-state index in [0.717, 1.165) is 42.0 Å². The van der Waals surface area contributed by atoms with Gasteiger partial charge in [-0.05, 0) is 74.5 Å². The summed E-state index contributed by atoms with van der Waals surface area (Å²) in [5.41, 5.74) is 1.48. The third-order valence-electron chi connectivity index (χ3n) is 9.91. The van der Waals surface area contributed by atoms with Gasteiger partial charge in [0.1, 0.15) is 0 Å². The molecular weight excluding hydrogens is 392 g/mol. The molecule has 0 amide bonds. The summed E-state index contributed by atoms with van der Waals surface area (Å²) in [6, 6.07) is 0. The predicted molar refractivity (Wildman–Crippen MR) is 121 cm³/mol. The smallest absolute Gasteiger partial charge is 0.167 e. The lowest BCUT2D eigenvalue weighted by molar-refractivity contribution is -0.116. The molecule has 166 valence electrons. The molecule has 0 aromatic carbocycles. The highest BCUT2D eigenvalue weighted by Crippen LogP contribution is 2.68. The van der Waals surface area contributed by atoms with Crippen LogP contribution in [0.2, 0.25) is 0 Å². The molecule has 0 saturated heterocycles. The zero-order valence-corrected chi connectivity index (χ0v) is 19.9. The topological polar surface area (TPSA) is 47.3 Å². The van der Waals surface area contributed by atoms with E-state index in [1.807, 2.05) is 26.6 Å². The number of nitrogens with zero attached hydrogens (tertiary/aromatic N) is 2. The standard InChI is InChI=1S/C25H38N2O2S/c1-23-10-7-18(29-4)15-17(23)5-6-19-20(23)8-11-24(2)21(19)9-12-25(24,28)16-30-22-26-13-14-27(22)3/h13-15,18-21,28H,5-12,16H2,1-4H3/t18-,19+,20-,21-,23+,24-,25-/m1/s1. The van der Waals surface area contributed by atoms with Crippen molar-refractivity contribution in [3.63, 3.8) is 0 Å². The average molecular weight is 431 g/mol. The molecule has 4 nitrogen and oxygen atoms in total. The van der Waals surface area contributed by atoms with Crippen LogP contribution in [-0.2, 0) is 11.8 Å². The summed E-state index contributed by atoms with van der Waals surface area (Å²) < 4.78 is 7.74. The number of aryl methyl sites for hydroxylation is 1. The summed E-state index contributed by atoms with van der Waals surface area (Å²) in [6.07, 6.45) is 16.1. The molecule has 0 radical (unpaired) electrons. The van der Waals surface area contributed by atoms with Gasteiger partial charge in [-0.15, -0.1) is 0 Å². The van der Waals surface area contributed by atoms with Crippen molar-refractivity contribution < 1.29 is 9.84 Å².